The van der Waals surface area contributed by atoms with Crippen LogP contribution in [-0.2, 0) is 0 Å². The second kappa shape index (κ2) is 6.61. The van der Waals surface area contributed by atoms with Crippen LogP contribution in [0.1, 0.15) is 53.4 Å². The van der Waals surface area contributed by atoms with Gasteiger partial charge in [-0.3, -0.25) is 4.90 Å². The van der Waals surface area contributed by atoms with E-state index in [-0.39, 0.29) is 0 Å². The number of piperidine rings is 1. The molecule has 96 valence electrons. The fraction of sp³-hybridized carbons (Fsp3) is 1.00. The van der Waals surface area contributed by atoms with Crippen LogP contribution in [0.15, 0.2) is 0 Å². The highest BCUT2D eigenvalue weighted by Crippen LogP contribution is 2.28. The molecule has 1 aliphatic rings. The predicted molar refractivity (Wildman–Crippen MR) is 71.5 cm³/mol. The van der Waals surface area contributed by atoms with E-state index >= 15 is 0 Å². The molecule has 0 saturated carbocycles. The summed E-state index contributed by atoms with van der Waals surface area (Å²) in [7, 11) is 0. The second-order valence-corrected chi connectivity index (χ2v) is 5.67. The molecule has 0 aromatic heterocycles. The molecule has 0 aromatic rings. The maximum Gasteiger partial charge on any atom is 0.0246 e. The van der Waals surface area contributed by atoms with Crippen molar-refractivity contribution in [3.8, 4) is 0 Å². The lowest BCUT2D eigenvalue weighted by molar-refractivity contribution is 0.0453. The lowest BCUT2D eigenvalue weighted by atomic mass is 9.87. The lowest BCUT2D eigenvalue weighted by Gasteiger charge is -2.44. The second-order valence-electron chi connectivity index (χ2n) is 5.67. The lowest BCUT2D eigenvalue weighted by Crippen LogP contribution is -2.53. The molecule has 0 bridgehead atoms. The van der Waals surface area contributed by atoms with Crippen molar-refractivity contribution in [2.24, 2.45) is 17.6 Å². The Balaban J connectivity index is 2.63. The van der Waals surface area contributed by atoms with Gasteiger partial charge in [-0.25, -0.2) is 0 Å². The van der Waals surface area contributed by atoms with Crippen LogP contribution in [0.2, 0.25) is 0 Å². The molecule has 0 aliphatic carbocycles. The van der Waals surface area contributed by atoms with Gasteiger partial charge in [0.25, 0.3) is 0 Å². The van der Waals surface area contributed by atoms with Gasteiger partial charge >= 0.3 is 0 Å². The molecule has 16 heavy (non-hydrogen) atoms. The van der Waals surface area contributed by atoms with Crippen molar-refractivity contribution in [3.05, 3.63) is 0 Å². The van der Waals surface area contributed by atoms with Gasteiger partial charge in [0.2, 0.25) is 0 Å². The van der Waals surface area contributed by atoms with Gasteiger partial charge in [-0.15, -0.1) is 0 Å². The summed E-state index contributed by atoms with van der Waals surface area (Å²) in [4.78, 5) is 2.68. The highest BCUT2D eigenvalue weighted by Gasteiger charge is 2.31. The summed E-state index contributed by atoms with van der Waals surface area (Å²) in [5, 5.41) is 0. The van der Waals surface area contributed by atoms with Crippen molar-refractivity contribution in [2.75, 3.05) is 13.1 Å². The minimum Gasteiger partial charge on any atom is -0.329 e. The van der Waals surface area contributed by atoms with Crippen molar-refractivity contribution in [3.63, 3.8) is 0 Å². The molecule has 2 N–H and O–H groups in total. The molecule has 1 heterocycles. The first-order valence-corrected chi connectivity index (χ1v) is 7.07. The van der Waals surface area contributed by atoms with E-state index in [1.807, 2.05) is 0 Å². The van der Waals surface area contributed by atoms with Crippen molar-refractivity contribution < 1.29 is 0 Å². The third-order valence-corrected chi connectivity index (χ3v) is 4.49. The highest BCUT2D eigenvalue weighted by molar-refractivity contribution is 4.86. The molecule has 4 unspecified atom stereocenters. The van der Waals surface area contributed by atoms with Crippen LogP contribution < -0.4 is 5.73 Å². The molecule has 1 fully saturated rings. The fourth-order valence-corrected chi connectivity index (χ4v) is 3.18. The van der Waals surface area contributed by atoms with Crippen LogP contribution in [0.25, 0.3) is 0 Å². The van der Waals surface area contributed by atoms with E-state index in [0.717, 1.165) is 18.4 Å². The summed E-state index contributed by atoms with van der Waals surface area (Å²) in [6.45, 7) is 11.5. The minimum atomic E-state index is 0.595. The summed E-state index contributed by atoms with van der Waals surface area (Å²) in [6, 6.07) is 1.30. The summed E-state index contributed by atoms with van der Waals surface area (Å²) >= 11 is 0. The molecule has 2 nitrogen and oxygen atoms in total. The monoisotopic (exact) mass is 226 g/mol. The van der Waals surface area contributed by atoms with Gasteiger partial charge in [0.15, 0.2) is 0 Å². The van der Waals surface area contributed by atoms with Gasteiger partial charge in [-0.2, -0.15) is 0 Å². The van der Waals surface area contributed by atoms with Gasteiger partial charge in [0, 0.05) is 18.6 Å². The van der Waals surface area contributed by atoms with Crippen molar-refractivity contribution >= 4 is 0 Å². The summed E-state index contributed by atoms with van der Waals surface area (Å²) < 4.78 is 0. The average Bonchev–Trinajstić information content (AvgIpc) is 2.25. The maximum atomic E-state index is 6.00. The van der Waals surface area contributed by atoms with Crippen LogP contribution in [0.4, 0.5) is 0 Å². The number of nitrogens with zero attached hydrogens (tertiary/aromatic N) is 1. The third-order valence-electron chi connectivity index (χ3n) is 4.49. The van der Waals surface area contributed by atoms with Gasteiger partial charge in [0.05, 0.1) is 0 Å². The summed E-state index contributed by atoms with van der Waals surface area (Å²) in [5.74, 6) is 1.57. The molecule has 0 spiro atoms. The number of hydrogen-bond acceptors (Lipinski definition) is 2. The summed E-state index contributed by atoms with van der Waals surface area (Å²) in [6.07, 6.45) is 5.31. The van der Waals surface area contributed by atoms with E-state index in [2.05, 4.69) is 32.6 Å². The smallest absolute Gasteiger partial charge is 0.0246 e. The standard InChI is InChI=1S/C14H30N2/c1-5-7-12(3)14(10-15)16-9-6-8-11(2)13(16)4/h11-14H,5-10,15H2,1-4H3. The Morgan fingerprint density at radius 1 is 1.38 bits per heavy atom. The topological polar surface area (TPSA) is 29.3 Å². The SMILES string of the molecule is CCCC(C)C(CN)N1CCCC(C)C1C. The van der Waals surface area contributed by atoms with Crippen LogP contribution >= 0.6 is 0 Å². The quantitative estimate of drug-likeness (QED) is 0.781. The molecule has 0 radical (unpaired) electrons. The van der Waals surface area contributed by atoms with Crippen LogP contribution in [-0.4, -0.2) is 30.1 Å². The van der Waals surface area contributed by atoms with Crippen molar-refractivity contribution in [1.29, 1.82) is 0 Å². The number of nitrogens with two attached hydrogens (primary N) is 1. The molecule has 0 amide bonds. The molecule has 4 atom stereocenters. The molecule has 1 saturated heterocycles. The Labute approximate surface area is 102 Å². The van der Waals surface area contributed by atoms with Gasteiger partial charge in [0.1, 0.15) is 0 Å². The number of rotatable bonds is 5. The molecule has 1 rings (SSSR count). The first-order valence-electron chi connectivity index (χ1n) is 7.07. The Kier molecular flexibility index (Phi) is 5.77. The zero-order valence-corrected chi connectivity index (χ0v) is 11.6. The molecular weight excluding hydrogens is 196 g/mol. The zero-order valence-electron chi connectivity index (χ0n) is 11.6. The van der Waals surface area contributed by atoms with Gasteiger partial charge in [-0.1, -0.05) is 27.2 Å². The van der Waals surface area contributed by atoms with Crippen LogP contribution in [0.3, 0.4) is 0 Å². The Morgan fingerprint density at radius 2 is 2.06 bits per heavy atom. The average molecular weight is 226 g/mol. The van der Waals surface area contributed by atoms with E-state index in [1.165, 1.54) is 32.2 Å². The van der Waals surface area contributed by atoms with Gasteiger partial charge in [-0.05, 0) is 44.6 Å². The zero-order chi connectivity index (χ0) is 12.1. The molecule has 0 aromatic carbocycles. The summed E-state index contributed by atoms with van der Waals surface area (Å²) in [5.41, 5.74) is 6.00. The predicted octanol–water partition coefficient (Wildman–Crippen LogP) is 2.87. The third kappa shape index (κ3) is 3.21. The Morgan fingerprint density at radius 3 is 2.62 bits per heavy atom. The van der Waals surface area contributed by atoms with Gasteiger partial charge < -0.3 is 5.73 Å². The minimum absolute atomic E-state index is 0.595. The molecule has 1 aliphatic heterocycles. The van der Waals surface area contributed by atoms with E-state index in [9.17, 15) is 0 Å². The van der Waals surface area contributed by atoms with E-state index in [1.54, 1.807) is 0 Å². The van der Waals surface area contributed by atoms with E-state index in [0.29, 0.717) is 12.1 Å². The van der Waals surface area contributed by atoms with Crippen LogP contribution in [0, 0.1) is 11.8 Å². The van der Waals surface area contributed by atoms with Crippen molar-refractivity contribution in [2.45, 2.75) is 65.5 Å². The Hall–Kier alpha value is -0.0800. The highest BCUT2D eigenvalue weighted by atomic mass is 15.2. The van der Waals surface area contributed by atoms with Crippen molar-refractivity contribution in [1.82, 2.24) is 4.90 Å². The first kappa shape index (κ1) is 14.0. The first-order chi connectivity index (χ1) is 7.61. The largest absolute Gasteiger partial charge is 0.329 e. The number of likely N-dealkylation sites (tertiary alicyclic amines) is 1. The normalized spacial score (nSPS) is 31.3. The molecular formula is C14H30N2. The Bertz CT molecular complexity index is 193. The fourth-order valence-electron chi connectivity index (χ4n) is 3.18. The van der Waals surface area contributed by atoms with Crippen LogP contribution in [0.5, 0.6) is 0 Å². The number of hydrogen-bond donors (Lipinski definition) is 1. The van der Waals surface area contributed by atoms with E-state index in [4.69, 9.17) is 5.73 Å². The maximum absolute atomic E-state index is 6.00. The van der Waals surface area contributed by atoms with E-state index < -0.39 is 0 Å². The molecule has 2 heteroatoms.